The maximum absolute atomic E-state index is 12.3. The predicted octanol–water partition coefficient (Wildman–Crippen LogP) is 3.64. The molecule has 0 aromatic carbocycles. The topological polar surface area (TPSA) is 75.6 Å². The van der Waals surface area contributed by atoms with Crippen molar-refractivity contribution in [1.82, 2.24) is 19.7 Å². The average Bonchev–Trinajstić information content (AvgIpc) is 2.93. The zero-order valence-electron chi connectivity index (χ0n) is 12.0. The fraction of sp³-hybridized carbons (Fsp3) is 0.286. The number of aromatic nitrogens is 4. The van der Waals surface area contributed by atoms with Crippen LogP contribution in [0.25, 0.3) is 10.7 Å². The van der Waals surface area contributed by atoms with Crippen molar-refractivity contribution in [2.45, 2.75) is 25.3 Å². The highest BCUT2D eigenvalue weighted by Gasteiger charge is 2.26. The van der Waals surface area contributed by atoms with Crippen molar-refractivity contribution in [3.05, 3.63) is 33.4 Å². The van der Waals surface area contributed by atoms with E-state index in [1.165, 1.54) is 24.2 Å². The van der Waals surface area contributed by atoms with Crippen LogP contribution in [-0.2, 0) is 11.3 Å². The van der Waals surface area contributed by atoms with Crippen LogP contribution in [0, 0.1) is 4.77 Å². The van der Waals surface area contributed by atoms with E-state index in [-0.39, 0.29) is 12.5 Å². The average molecular weight is 363 g/mol. The van der Waals surface area contributed by atoms with Gasteiger partial charge in [-0.05, 0) is 36.5 Å². The molecule has 6 nitrogen and oxygen atoms in total. The number of hydrogen-bond acceptors (Lipinski definition) is 6. The first-order valence-corrected chi connectivity index (χ1v) is 9.32. The van der Waals surface area contributed by atoms with E-state index in [2.05, 4.69) is 20.5 Å². The number of rotatable bonds is 5. The van der Waals surface area contributed by atoms with Gasteiger partial charge >= 0.3 is 0 Å². The zero-order chi connectivity index (χ0) is 15.8. The highest BCUT2D eigenvalue weighted by Crippen LogP contribution is 2.40. The molecule has 9 heteroatoms. The number of carbonyl (C=O) groups excluding carboxylic acids is 1. The third kappa shape index (κ3) is 3.12. The van der Waals surface area contributed by atoms with Crippen LogP contribution in [0.15, 0.2) is 22.9 Å². The summed E-state index contributed by atoms with van der Waals surface area (Å²) in [5.74, 6) is 1.11. The third-order valence-corrected chi connectivity index (χ3v) is 5.52. The highest BCUT2D eigenvalue weighted by atomic mass is 32.1. The number of thiophene rings is 1. The van der Waals surface area contributed by atoms with Crippen molar-refractivity contribution in [2.24, 2.45) is 0 Å². The summed E-state index contributed by atoms with van der Waals surface area (Å²) < 4.78 is 2.13. The van der Waals surface area contributed by atoms with E-state index in [0.29, 0.717) is 21.6 Å². The minimum atomic E-state index is -0.156. The number of carbonyl (C=O) groups is 1. The Labute approximate surface area is 145 Å². The molecule has 0 unspecified atom stereocenters. The van der Waals surface area contributed by atoms with Gasteiger partial charge in [0.2, 0.25) is 5.91 Å². The first-order valence-electron chi connectivity index (χ1n) is 7.15. The van der Waals surface area contributed by atoms with Gasteiger partial charge in [-0.2, -0.15) is 5.10 Å². The van der Waals surface area contributed by atoms with Crippen molar-refractivity contribution >= 4 is 45.9 Å². The minimum absolute atomic E-state index is 0.112. The summed E-state index contributed by atoms with van der Waals surface area (Å²) in [5, 5.41) is 14.4. The molecule has 3 aromatic rings. The van der Waals surface area contributed by atoms with Crippen molar-refractivity contribution in [1.29, 1.82) is 0 Å². The molecule has 4 rings (SSSR count). The van der Waals surface area contributed by atoms with Crippen LogP contribution in [0.1, 0.15) is 24.5 Å². The lowest BCUT2D eigenvalue weighted by molar-refractivity contribution is -0.116. The third-order valence-electron chi connectivity index (χ3n) is 3.57. The number of nitrogens with zero attached hydrogens (tertiary/aromatic N) is 3. The molecule has 1 fully saturated rings. The maximum Gasteiger partial charge on any atom is 0.246 e. The first-order chi connectivity index (χ1) is 11.2. The Balaban J connectivity index is 1.50. The van der Waals surface area contributed by atoms with Crippen LogP contribution >= 0.6 is 34.9 Å². The molecule has 1 aliphatic rings. The maximum atomic E-state index is 12.3. The summed E-state index contributed by atoms with van der Waals surface area (Å²) >= 11 is 8.25. The van der Waals surface area contributed by atoms with Gasteiger partial charge in [0.25, 0.3) is 0 Å². The van der Waals surface area contributed by atoms with Crippen LogP contribution in [0.3, 0.4) is 0 Å². The number of thiazole rings is 1. The van der Waals surface area contributed by atoms with Crippen molar-refractivity contribution in [2.75, 3.05) is 5.32 Å². The Morgan fingerprint density at radius 3 is 3.09 bits per heavy atom. The van der Waals surface area contributed by atoms with Gasteiger partial charge in [-0.15, -0.1) is 22.7 Å². The molecular formula is C14H13N5OS3. The van der Waals surface area contributed by atoms with Gasteiger partial charge in [-0.1, -0.05) is 6.07 Å². The lowest BCUT2D eigenvalue weighted by Crippen LogP contribution is -2.19. The fourth-order valence-corrected chi connectivity index (χ4v) is 4.00. The Hall–Kier alpha value is -1.84. The second kappa shape index (κ2) is 5.99. The quantitative estimate of drug-likeness (QED) is 0.679. The Kier molecular flexibility index (Phi) is 3.83. The molecule has 0 saturated heterocycles. The van der Waals surface area contributed by atoms with Gasteiger partial charge in [0.15, 0.2) is 15.7 Å². The molecule has 0 aliphatic heterocycles. The molecule has 0 radical (unpaired) electrons. The smallest absolute Gasteiger partial charge is 0.246 e. The monoisotopic (exact) mass is 363 g/mol. The van der Waals surface area contributed by atoms with E-state index >= 15 is 0 Å². The Morgan fingerprint density at radius 2 is 2.35 bits per heavy atom. The van der Waals surface area contributed by atoms with Gasteiger partial charge in [-0.3, -0.25) is 14.5 Å². The molecule has 0 spiro atoms. The summed E-state index contributed by atoms with van der Waals surface area (Å²) in [6, 6.07) is 3.89. The van der Waals surface area contributed by atoms with Crippen LogP contribution in [-0.4, -0.2) is 25.7 Å². The summed E-state index contributed by atoms with van der Waals surface area (Å²) in [5.41, 5.74) is 1.09. The summed E-state index contributed by atoms with van der Waals surface area (Å²) in [6.07, 6.45) is 2.40. The standard InChI is InChI=1S/C14H13N5OS3/c20-11(16-13-15-9(7-23-13)8-3-4-8)6-19-12(17-18-14(19)21)10-2-1-5-22-10/h1-2,5,7-8H,3-4,6H2,(H,18,21)(H,15,16,20). The normalized spacial score (nSPS) is 14.1. The zero-order valence-corrected chi connectivity index (χ0v) is 14.4. The van der Waals surface area contributed by atoms with Crippen molar-refractivity contribution in [3.8, 4) is 10.7 Å². The van der Waals surface area contributed by atoms with E-state index < -0.39 is 0 Å². The summed E-state index contributed by atoms with van der Waals surface area (Å²) in [4.78, 5) is 17.7. The predicted molar refractivity (Wildman–Crippen MR) is 93.4 cm³/mol. The molecule has 3 aromatic heterocycles. The summed E-state index contributed by atoms with van der Waals surface area (Å²) in [6.45, 7) is 0.112. The fourth-order valence-electron chi connectivity index (χ4n) is 2.27. The van der Waals surface area contributed by atoms with Crippen LogP contribution in [0.5, 0.6) is 0 Å². The van der Waals surface area contributed by atoms with Gasteiger partial charge < -0.3 is 5.32 Å². The number of aromatic amines is 1. The lowest BCUT2D eigenvalue weighted by Gasteiger charge is -2.05. The summed E-state index contributed by atoms with van der Waals surface area (Å²) in [7, 11) is 0. The molecular weight excluding hydrogens is 350 g/mol. The van der Waals surface area contributed by atoms with Crippen molar-refractivity contribution in [3.63, 3.8) is 0 Å². The van der Waals surface area contributed by atoms with Crippen LogP contribution in [0.2, 0.25) is 0 Å². The molecule has 1 aliphatic carbocycles. The van der Waals surface area contributed by atoms with E-state index in [9.17, 15) is 4.79 Å². The molecule has 0 atom stereocenters. The Bertz CT molecular complexity index is 888. The largest absolute Gasteiger partial charge is 0.300 e. The SMILES string of the molecule is O=C(Cn1c(-c2cccs2)n[nH]c1=S)Nc1nc(C2CC2)cs1. The van der Waals surface area contributed by atoms with E-state index in [4.69, 9.17) is 12.2 Å². The molecule has 3 heterocycles. The number of amides is 1. The second-order valence-corrected chi connectivity index (χ2v) is 7.51. The van der Waals surface area contributed by atoms with E-state index in [1.807, 2.05) is 22.9 Å². The number of hydrogen-bond donors (Lipinski definition) is 2. The molecule has 1 saturated carbocycles. The first kappa shape index (κ1) is 14.7. The lowest BCUT2D eigenvalue weighted by atomic mass is 10.3. The van der Waals surface area contributed by atoms with E-state index in [0.717, 1.165) is 10.6 Å². The number of nitrogens with one attached hydrogen (secondary N) is 2. The van der Waals surface area contributed by atoms with Gasteiger partial charge in [0.1, 0.15) is 6.54 Å². The van der Waals surface area contributed by atoms with Gasteiger partial charge in [0.05, 0.1) is 10.6 Å². The molecule has 118 valence electrons. The minimum Gasteiger partial charge on any atom is -0.300 e. The highest BCUT2D eigenvalue weighted by molar-refractivity contribution is 7.71. The molecule has 0 bridgehead atoms. The molecule has 23 heavy (non-hydrogen) atoms. The number of anilines is 1. The van der Waals surface area contributed by atoms with Gasteiger partial charge in [-0.25, -0.2) is 4.98 Å². The Morgan fingerprint density at radius 1 is 1.48 bits per heavy atom. The van der Waals surface area contributed by atoms with Crippen LogP contribution in [0.4, 0.5) is 5.13 Å². The second-order valence-electron chi connectivity index (χ2n) is 5.32. The molecule has 1 amide bonds. The van der Waals surface area contributed by atoms with Crippen LogP contribution < -0.4 is 5.32 Å². The number of H-pyrrole nitrogens is 1. The van der Waals surface area contributed by atoms with Gasteiger partial charge in [0, 0.05) is 11.3 Å². The van der Waals surface area contributed by atoms with Crippen molar-refractivity contribution < 1.29 is 4.79 Å². The molecule has 2 N–H and O–H groups in total. The van der Waals surface area contributed by atoms with E-state index in [1.54, 1.807) is 15.9 Å².